The number of benzene rings is 3. The van der Waals surface area contributed by atoms with Gasteiger partial charge in [0.05, 0.1) is 12.1 Å². The van der Waals surface area contributed by atoms with Crippen molar-refractivity contribution in [2.75, 3.05) is 18.1 Å². The molecule has 3 aromatic carbocycles. The van der Waals surface area contributed by atoms with E-state index >= 15 is 0 Å². The smallest absolute Gasteiger partial charge is 0.328 e. The van der Waals surface area contributed by atoms with Gasteiger partial charge in [0.15, 0.2) is 6.04 Å². The zero-order valence-corrected chi connectivity index (χ0v) is 37.9. The van der Waals surface area contributed by atoms with Gasteiger partial charge in [0, 0.05) is 41.4 Å². The van der Waals surface area contributed by atoms with E-state index in [0.717, 1.165) is 38.1 Å². The van der Waals surface area contributed by atoms with Crippen LogP contribution in [0.2, 0.25) is 0 Å². The van der Waals surface area contributed by atoms with Gasteiger partial charge < -0.3 is 63.7 Å². The molecule has 5 rings (SSSR count). The van der Waals surface area contributed by atoms with Crippen molar-refractivity contribution in [1.82, 2.24) is 36.9 Å². The number of nitrogens with one attached hydrogen (secondary N) is 7. The summed E-state index contributed by atoms with van der Waals surface area (Å²) in [7, 11) is 2.04. The maximum absolute atomic E-state index is 14.5. The predicted molar refractivity (Wildman–Crippen MR) is 251 cm³/mol. The van der Waals surface area contributed by atoms with Crippen LogP contribution < -0.4 is 43.4 Å². The van der Waals surface area contributed by atoms with Crippen LogP contribution in [0, 0.1) is 0 Å². The lowest BCUT2D eigenvalue weighted by atomic mass is 10.0. The molecule has 1 fully saturated rings. The molecule has 4 aromatic rings. The molecule has 0 bridgehead atoms. The number of carboxylic acid groups (broad SMARTS) is 1. The van der Waals surface area contributed by atoms with Crippen molar-refractivity contribution in [3.8, 4) is 5.75 Å². The van der Waals surface area contributed by atoms with Gasteiger partial charge in [0.1, 0.15) is 36.0 Å². The number of aromatic nitrogens is 1. The molecule has 0 aliphatic carbocycles. The zero-order valence-electron chi connectivity index (χ0n) is 36.2. The number of H-pyrrole nitrogens is 1. The van der Waals surface area contributed by atoms with Gasteiger partial charge >= 0.3 is 5.97 Å². The van der Waals surface area contributed by atoms with Crippen LogP contribution in [0.25, 0.3) is 10.9 Å². The van der Waals surface area contributed by atoms with E-state index in [4.69, 9.17) is 11.5 Å². The van der Waals surface area contributed by atoms with Crippen LogP contribution in [0.3, 0.4) is 0 Å². The summed E-state index contributed by atoms with van der Waals surface area (Å²) in [5.41, 5.74) is 14.8. The Labute approximate surface area is 389 Å². The maximum atomic E-state index is 14.5. The summed E-state index contributed by atoms with van der Waals surface area (Å²) < 4.78 is 0. The number of carbonyl (C=O) groups excluding carboxylic acids is 6. The van der Waals surface area contributed by atoms with E-state index in [1.165, 1.54) is 19.1 Å². The number of phenolic OH excluding ortho intramolecular Hbond substituents is 1. The zero-order chi connectivity index (χ0) is 47.8. The first-order valence-corrected chi connectivity index (χ1v) is 23.9. The van der Waals surface area contributed by atoms with E-state index in [-0.39, 0.29) is 49.5 Å². The fraction of sp³-hybridized carbons (Fsp3) is 0.400. The second-order valence-corrected chi connectivity index (χ2v) is 18.5. The topological polar surface area (TPSA) is 320 Å². The van der Waals surface area contributed by atoms with Gasteiger partial charge in [-0.15, -0.1) is 0 Å². The minimum atomic E-state index is -1.73. The van der Waals surface area contributed by atoms with Gasteiger partial charge in [-0.05, 0) is 74.0 Å². The van der Waals surface area contributed by atoms with Crippen molar-refractivity contribution in [3.05, 3.63) is 102 Å². The third kappa shape index (κ3) is 15.0. The van der Waals surface area contributed by atoms with Gasteiger partial charge in [-0.25, -0.2) is 4.79 Å². The Morgan fingerprint density at radius 3 is 2.08 bits per heavy atom. The average molecular weight is 948 g/mol. The van der Waals surface area contributed by atoms with E-state index < -0.39 is 89.8 Å². The molecule has 8 atom stereocenters. The number of carboxylic acids is 1. The number of nitrogens with two attached hydrogens (primary N) is 2. The van der Waals surface area contributed by atoms with Crippen molar-refractivity contribution in [3.63, 3.8) is 0 Å². The van der Waals surface area contributed by atoms with Gasteiger partial charge in [-0.3, -0.25) is 28.8 Å². The van der Waals surface area contributed by atoms with Crippen LogP contribution in [0.1, 0.15) is 42.9 Å². The first-order valence-electron chi connectivity index (χ1n) is 21.4. The molecule has 19 nitrogen and oxygen atoms in total. The molecular weight excluding hydrogens is 891 g/mol. The maximum Gasteiger partial charge on any atom is 0.328 e. The second-order valence-electron chi connectivity index (χ2n) is 16.0. The average Bonchev–Trinajstić information content (AvgIpc) is 3.70. The molecule has 0 radical (unpaired) electrons. The highest BCUT2D eigenvalue weighted by molar-refractivity contribution is 8.76. The highest BCUT2D eigenvalue weighted by Crippen LogP contribution is 2.25. The first-order chi connectivity index (χ1) is 31.6. The molecule has 6 amide bonds. The molecule has 66 heavy (non-hydrogen) atoms. The number of aliphatic hydroxyl groups excluding tert-OH is 1. The lowest BCUT2D eigenvalue weighted by Gasteiger charge is -2.27. The quantitative estimate of drug-likeness (QED) is 0.0525. The van der Waals surface area contributed by atoms with Crippen LogP contribution in [-0.4, -0.2) is 128 Å². The standard InChI is InChI=1S/C45H57N9O10S2/c1-25(55)38(45(63)64)54-44(62)37-24-66-65-23-36(52-39(57)31(47)19-26-9-3-2-4-10-26)43(61)50-34(20-27-14-16-29(56)17-15-27)41(59)51-35(21-28-22-48-32-12-6-5-11-30(28)32)42(60)49-33(40(58)53-37)13-7-8-18-46/h2-6,9-12,14-17,22,25,31,33-38,48,55-56H,7-8,13,18-21,23-24,46-47H2,1H3,(H,49,60)(H,50,61)(H,51,59)(H,52,57)(H,53,58)(H,54,62)(H,63,64)/t25-,31-,33+,34+,35-,36+,37+,38+/m1/s1. The van der Waals surface area contributed by atoms with Gasteiger partial charge in [-0.2, -0.15) is 0 Å². The monoisotopic (exact) mass is 947 g/mol. The number of amides is 6. The molecule has 1 aliphatic heterocycles. The van der Waals surface area contributed by atoms with Gasteiger partial charge in [-0.1, -0.05) is 82.3 Å². The highest BCUT2D eigenvalue weighted by Gasteiger charge is 2.35. The molecule has 0 saturated carbocycles. The fourth-order valence-corrected chi connectivity index (χ4v) is 9.47. The van der Waals surface area contributed by atoms with E-state index in [9.17, 15) is 48.9 Å². The largest absolute Gasteiger partial charge is 0.508 e. The van der Waals surface area contributed by atoms with E-state index in [1.807, 2.05) is 30.3 Å². The Morgan fingerprint density at radius 1 is 0.773 bits per heavy atom. The minimum absolute atomic E-state index is 0.0322. The first kappa shape index (κ1) is 50.9. The summed E-state index contributed by atoms with van der Waals surface area (Å²) in [6.07, 6.45) is 1.06. The summed E-state index contributed by atoms with van der Waals surface area (Å²) in [6.45, 7) is 1.46. The molecule has 2 heterocycles. The molecular formula is C45H57N9O10S2. The number of fused-ring (bicyclic) bond motifs is 1. The summed E-state index contributed by atoms with van der Waals surface area (Å²) in [6, 6.07) is 12.8. The van der Waals surface area contributed by atoms with Crippen molar-refractivity contribution in [1.29, 1.82) is 0 Å². The highest BCUT2D eigenvalue weighted by atomic mass is 33.1. The summed E-state index contributed by atoms with van der Waals surface area (Å²) >= 11 is 0. The number of hydrogen-bond donors (Lipinski definition) is 12. The number of aromatic amines is 1. The third-order valence-electron chi connectivity index (χ3n) is 10.8. The molecule has 1 aromatic heterocycles. The number of aliphatic hydroxyl groups is 1. The number of aromatic hydroxyl groups is 1. The predicted octanol–water partition coefficient (Wildman–Crippen LogP) is 0.127. The minimum Gasteiger partial charge on any atom is -0.508 e. The Hall–Kier alpha value is -6.13. The third-order valence-corrected chi connectivity index (χ3v) is 13.2. The van der Waals surface area contributed by atoms with Crippen molar-refractivity contribution < 1.29 is 48.9 Å². The second kappa shape index (κ2) is 25.0. The van der Waals surface area contributed by atoms with Crippen LogP contribution in [0.4, 0.5) is 0 Å². The molecule has 14 N–H and O–H groups in total. The van der Waals surface area contributed by atoms with Crippen LogP contribution in [-0.2, 0) is 52.8 Å². The van der Waals surface area contributed by atoms with Crippen molar-refractivity contribution in [2.24, 2.45) is 11.5 Å². The Morgan fingerprint density at radius 2 is 1.39 bits per heavy atom. The Kier molecular flexibility index (Phi) is 19.2. The summed E-state index contributed by atoms with van der Waals surface area (Å²) in [5.74, 6) is -6.67. The molecule has 0 unspecified atom stereocenters. The molecule has 0 spiro atoms. The Bertz CT molecular complexity index is 2300. The summed E-state index contributed by atoms with van der Waals surface area (Å²) in [5, 5.41) is 46.5. The lowest BCUT2D eigenvalue weighted by Crippen LogP contribution is -2.61. The van der Waals surface area contributed by atoms with Gasteiger partial charge in [0.25, 0.3) is 0 Å². The number of carbonyl (C=O) groups is 7. The fourth-order valence-electron chi connectivity index (χ4n) is 7.14. The lowest BCUT2D eigenvalue weighted by molar-refractivity contribution is -0.145. The van der Waals surface area contributed by atoms with E-state index in [0.29, 0.717) is 24.0 Å². The van der Waals surface area contributed by atoms with Crippen molar-refractivity contribution in [2.45, 2.75) is 93.8 Å². The van der Waals surface area contributed by atoms with Crippen LogP contribution in [0.15, 0.2) is 85.1 Å². The molecule has 354 valence electrons. The van der Waals surface area contributed by atoms with E-state index in [1.54, 1.807) is 42.6 Å². The molecule has 21 heteroatoms. The molecule has 1 saturated heterocycles. The number of aliphatic carboxylic acids is 1. The molecule has 1 aliphatic rings. The number of unbranched alkanes of at least 4 members (excludes halogenated alkanes) is 1. The van der Waals surface area contributed by atoms with Crippen molar-refractivity contribution >= 4 is 73.9 Å². The van der Waals surface area contributed by atoms with Gasteiger partial charge in [0.2, 0.25) is 35.4 Å². The number of para-hydroxylation sites is 1. The number of rotatable bonds is 16. The normalized spacial score (nSPS) is 21.5. The SMILES string of the molecule is C[C@@H](O)[C@H](NC(=O)[C@@H]1CSSC[C@H](NC(=O)[C@H](N)Cc2ccccc2)C(=O)N[C@@H](Cc2ccc(O)cc2)C(=O)N[C@H](Cc2c[nH]c3ccccc23)C(=O)N[C@@H](CCCCN)C(=O)N1)C(=O)O. The number of hydrogen-bond acceptors (Lipinski definition) is 13. The summed E-state index contributed by atoms with van der Waals surface area (Å²) in [4.78, 5) is 100. The van der Waals surface area contributed by atoms with Crippen LogP contribution in [0.5, 0.6) is 5.75 Å². The number of phenols is 1. The van der Waals surface area contributed by atoms with E-state index in [2.05, 4.69) is 36.9 Å². The Balaban J connectivity index is 1.54. The van der Waals surface area contributed by atoms with Crippen LogP contribution >= 0.6 is 21.6 Å².